The SMILES string of the molecule is COc1ccc(S(=O)(=O)Nc2ccc(S(=O)(=O)Nc3cccc4ccccc34)cc2)cc1C(C)C. The predicted molar refractivity (Wildman–Crippen MR) is 139 cm³/mol. The Balaban J connectivity index is 1.56. The molecule has 0 spiro atoms. The summed E-state index contributed by atoms with van der Waals surface area (Å²) in [6.07, 6.45) is 0. The summed E-state index contributed by atoms with van der Waals surface area (Å²) in [4.78, 5) is 0.108. The fourth-order valence-corrected chi connectivity index (χ4v) is 5.94. The number of nitrogens with one attached hydrogen (secondary N) is 2. The number of hydrogen-bond donors (Lipinski definition) is 2. The van der Waals surface area contributed by atoms with Crippen molar-refractivity contribution in [2.75, 3.05) is 16.6 Å². The average molecular weight is 511 g/mol. The molecule has 0 radical (unpaired) electrons. The number of rotatable bonds is 8. The Kier molecular flexibility index (Phi) is 6.73. The van der Waals surface area contributed by atoms with Gasteiger partial charge in [-0.3, -0.25) is 9.44 Å². The first-order chi connectivity index (χ1) is 16.6. The summed E-state index contributed by atoms with van der Waals surface area (Å²) in [6.45, 7) is 3.90. The second-order valence-electron chi connectivity index (χ2n) is 8.32. The van der Waals surface area contributed by atoms with Gasteiger partial charge in [0.2, 0.25) is 0 Å². The smallest absolute Gasteiger partial charge is 0.261 e. The van der Waals surface area contributed by atoms with E-state index in [-0.39, 0.29) is 21.4 Å². The fourth-order valence-electron chi connectivity index (χ4n) is 3.77. The molecule has 4 aromatic rings. The average Bonchev–Trinajstić information content (AvgIpc) is 2.83. The van der Waals surface area contributed by atoms with Crippen molar-refractivity contribution in [2.24, 2.45) is 0 Å². The summed E-state index contributed by atoms with van der Waals surface area (Å²) in [5.41, 5.74) is 1.49. The quantitative estimate of drug-likeness (QED) is 0.323. The van der Waals surface area contributed by atoms with Crippen molar-refractivity contribution < 1.29 is 21.6 Å². The van der Waals surface area contributed by atoms with Crippen LogP contribution in [0.25, 0.3) is 10.8 Å². The maximum atomic E-state index is 13.0. The van der Waals surface area contributed by atoms with Crippen molar-refractivity contribution in [3.63, 3.8) is 0 Å². The lowest BCUT2D eigenvalue weighted by atomic mass is 10.0. The van der Waals surface area contributed by atoms with Crippen LogP contribution in [0.15, 0.2) is 94.7 Å². The van der Waals surface area contributed by atoms with Gasteiger partial charge in [-0.1, -0.05) is 50.2 Å². The normalized spacial score (nSPS) is 12.0. The number of methoxy groups -OCH3 is 1. The molecule has 0 saturated heterocycles. The van der Waals surface area contributed by atoms with Gasteiger partial charge < -0.3 is 4.74 Å². The van der Waals surface area contributed by atoms with E-state index in [9.17, 15) is 16.8 Å². The van der Waals surface area contributed by atoms with Crippen LogP contribution in [0.4, 0.5) is 11.4 Å². The highest BCUT2D eigenvalue weighted by Crippen LogP contribution is 2.30. The first kappa shape index (κ1) is 24.6. The molecule has 0 saturated carbocycles. The number of anilines is 2. The van der Waals surface area contributed by atoms with E-state index in [1.54, 1.807) is 31.4 Å². The van der Waals surface area contributed by atoms with Crippen LogP contribution >= 0.6 is 0 Å². The van der Waals surface area contributed by atoms with Crippen molar-refractivity contribution >= 4 is 42.2 Å². The summed E-state index contributed by atoms with van der Waals surface area (Å²) >= 11 is 0. The minimum absolute atomic E-state index is 0.0138. The molecular formula is C26H26N2O5S2. The van der Waals surface area contributed by atoms with Crippen LogP contribution in [0, 0.1) is 0 Å². The van der Waals surface area contributed by atoms with Crippen LogP contribution in [0.1, 0.15) is 25.3 Å². The van der Waals surface area contributed by atoms with E-state index < -0.39 is 20.0 Å². The van der Waals surface area contributed by atoms with Crippen LogP contribution in [-0.2, 0) is 20.0 Å². The highest BCUT2D eigenvalue weighted by Gasteiger charge is 2.20. The Hall–Kier alpha value is -3.56. The molecule has 182 valence electrons. The molecule has 0 amide bonds. The van der Waals surface area contributed by atoms with Gasteiger partial charge in [0.25, 0.3) is 20.0 Å². The van der Waals surface area contributed by atoms with E-state index in [2.05, 4.69) is 9.44 Å². The lowest BCUT2D eigenvalue weighted by Crippen LogP contribution is -2.15. The lowest BCUT2D eigenvalue weighted by Gasteiger charge is -2.15. The van der Waals surface area contributed by atoms with Gasteiger partial charge in [-0.15, -0.1) is 0 Å². The van der Waals surface area contributed by atoms with E-state index in [1.807, 2.05) is 44.2 Å². The van der Waals surface area contributed by atoms with Crippen LogP contribution in [-0.4, -0.2) is 23.9 Å². The second-order valence-corrected chi connectivity index (χ2v) is 11.7. The van der Waals surface area contributed by atoms with E-state index in [0.717, 1.165) is 16.3 Å². The summed E-state index contributed by atoms with van der Waals surface area (Å²) in [5.74, 6) is 0.686. The first-order valence-corrected chi connectivity index (χ1v) is 13.9. The molecule has 9 heteroatoms. The maximum absolute atomic E-state index is 13.0. The van der Waals surface area contributed by atoms with Gasteiger partial charge in [-0.2, -0.15) is 0 Å². The monoisotopic (exact) mass is 510 g/mol. The molecule has 7 nitrogen and oxygen atoms in total. The highest BCUT2D eigenvalue weighted by atomic mass is 32.2. The van der Waals surface area contributed by atoms with Gasteiger partial charge in [0, 0.05) is 11.1 Å². The zero-order chi connectivity index (χ0) is 25.2. The van der Waals surface area contributed by atoms with Gasteiger partial charge in [0.1, 0.15) is 5.75 Å². The molecule has 2 N–H and O–H groups in total. The minimum Gasteiger partial charge on any atom is -0.496 e. The van der Waals surface area contributed by atoms with Crippen LogP contribution in [0.3, 0.4) is 0 Å². The molecule has 35 heavy (non-hydrogen) atoms. The number of sulfonamides is 2. The molecule has 4 rings (SSSR count). The molecule has 0 aromatic heterocycles. The predicted octanol–water partition coefficient (Wildman–Crippen LogP) is 5.57. The summed E-state index contributed by atoms with van der Waals surface area (Å²) in [6, 6.07) is 23.1. The van der Waals surface area contributed by atoms with E-state index in [0.29, 0.717) is 11.4 Å². The molecule has 0 bridgehead atoms. The Morgan fingerprint density at radius 3 is 2.03 bits per heavy atom. The van der Waals surface area contributed by atoms with Crippen LogP contribution in [0.5, 0.6) is 5.75 Å². The molecule has 0 aliphatic rings. The van der Waals surface area contributed by atoms with Gasteiger partial charge in [0.05, 0.1) is 22.6 Å². The van der Waals surface area contributed by atoms with Crippen molar-refractivity contribution in [1.29, 1.82) is 0 Å². The summed E-state index contributed by atoms with van der Waals surface area (Å²) in [5, 5.41) is 1.69. The number of hydrogen-bond acceptors (Lipinski definition) is 5. The topological polar surface area (TPSA) is 102 Å². The van der Waals surface area contributed by atoms with Gasteiger partial charge in [-0.25, -0.2) is 16.8 Å². The molecular weight excluding hydrogens is 484 g/mol. The Labute approximate surface area is 205 Å². The van der Waals surface area contributed by atoms with E-state index in [4.69, 9.17) is 4.74 Å². The lowest BCUT2D eigenvalue weighted by molar-refractivity contribution is 0.407. The third-order valence-corrected chi connectivity index (χ3v) is 8.34. The van der Waals surface area contributed by atoms with Crippen molar-refractivity contribution in [3.8, 4) is 5.75 Å². The summed E-state index contributed by atoms with van der Waals surface area (Å²) in [7, 11) is -6.23. The molecule has 0 heterocycles. The standard InChI is InChI=1S/C26H26N2O5S2/c1-18(2)24-17-22(15-16-26(24)33-3)35(31,32)27-20-11-13-21(14-12-20)34(29,30)28-25-10-6-8-19-7-4-5-9-23(19)25/h4-18,27-28H,1-3H3. The second kappa shape index (κ2) is 9.59. The minimum atomic E-state index is -3.89. The van der Waals surface area contributed by atoms with Crippen LogP contribution < -0.4 is 14.2 Å². The van der Waals surface area contributed by atoms with E-state index >= 15 is 0 Å². The fraction of sp³-hybridized carbons (Fsp3) is 0.154. The molecule has 0 aliphatic carbocycles. The zero-order valence-corrected chi connectivity index (χ0v) is 21.2. The van der Waals surface area contributed by atoms with Gasteiger partial charge in [-0.05, 0) is 65.4 Å². The summed E-state index contributed by atoms with van der Waals surface area (Å²) < 4.78 is 62.3. The molecule has 0 fully saturated rings. The maximum Gasteiger partial charge on any atom is 0.261 e. The largest absolute Gasteiger partial charge is 0.496 e. The first-order valence-electron chi connectivity index (χ1n) is 10.9. The Morgan fingerprint density at radius 1 is 0.714 bits per heavy atom. The van der Waals surface area contributed by atoms with Crippen molar-refractivity contribution in [2.45, 2.75) is 29.6 Å². The van der Waals surface area contributed by atoms with Crippen LogP contribution in [0.2, 0.25) is 0 Å². The number of fused-ring (bicyclic) bond motifs is 1. The number of ether oxygens (including phenoxy) is 1. The van der Waals surface area contributed by atoms with Gasteiger partial charge in [0.15, 0.2) is 0 Å². The highest BCUT2D eigenvalue weighted by molar-refractivity contribution is 7.93. The Morgan fingerprint density at radius 2 is 1.34 bits per heavy atom. The Bertz CT molecular complexity index is 1570. The van der Waals surface area contributed by atoms with E-state index in [1.165, 1.54) is 30.3 Å². The van der Waals surface area contributed by atoms with Crippen molar-refractivity contribution in [3.05, 3.63) is 90.5 Å². The molecule has 0 atom stereocenters. The molecule has 0 unspecified atom stereocenters. The van der Waals surface area contributed by atoms with Gasteiger partial charge >= 0.3 is 0 Å². The molecule has 4 aromatic carbocycles. The third kappa shape index (κ3) is 5.26. The number of benzene rings is 4. The zero-order valence-electron chi connectivity index (χ0n) is 19.5. The molecule has 0 aliphatic heterocycles. The third-order valence-electron chi connectivity index (χ3n) is 5.58. The van der Waals surface area contributed by atoms with Crippen molar-refractivity contribution in [1.82, 2.24) is 0 Å².